The fourth-order valence-electron chi connectivity index (χ4n) is 1.57. The Morgan fingerprint density at radius 1 is 1.37 bits per heavy atom. The lowest BCUT2D eigenvalue weighted by Gasteiger charge is -2.22. The van der Waals surface area contributed by atoms with Gasteiger partial charge in [-0.2, -0.15) is 4.79 Å². The van der Waals surface area contributed by atoms with Crippen LogP contribution in [0.3, 0.4) is 0 Å². The molecular formula is C14H24N2O3. The van der Waals surface area contributed by atoms with E-state index in [2.05, 4.69) is 4.79 Å². The highest BCUT2D eigenvalue weighted by molar-refractivity contribution is 6.39. The van der Waals surface area contributed by atoms with Gasteiger partial charge in [-0.15, -0.1) is 0 Å². The zero-order valence-electron chi connectivity index (χ0n) is 12.3. The summed E-state index contributed by atoms with van der Waals surface area (Å²) in [5.74, 6) is -0.554. The predicted molar refractivity (Wildman–Crippen MR) is 73.8 cm³/mol. The summed E-state index contributed by atoms with van der Waals surface area (Å²) >= 11 is 0. The summed E-state index contributed by atoms with van der Waals surface area (Å²) < 4.78 is 0. The Morgan fingerprint density at radius 2 is 1.89 bits per heavy atom. The van der Waals surface area contributed by atoms with Gasteiger partial charge < -0.3 is 15.7 Å². The Labute approximate surface area is 114 Å². The van der Waals surface area contributed by atoms with E-state index in [0.717, 1.165) is 6.42 Å². The van der Waals surface area contributed by atoms with E-state index in [-0.39, 0.29) is 12.1 Å². The van der Waals surface area contributed by atoms with Gasteiger partial charge in [0.05, 0.1) is 6.10 Å². The molecule has 0 heterocycles. The van der Waals surface area contributed by atoms with Gasteiger partial charge >= 0.3 is 5.71 Å². The maximum absolute atomic E-state index is 11.9. The third kappa shape index (κ3) is 5.47. The third-order valence-electron chi connectivity index (χ3n) is 2.90. The first-order valence-corrected chi connectivity index (χ1v) is 6.43. The quantitative estimate of drug-likeness (QED) is 0.332. The fourth-order valence-corrected chi connectivity index (χ4v) is 1.57. The molecule has 0 aliphatic heterocycles. The lowest BCUT2D eigenvalue weighted by atomic mass is 9.84. The molecule has 0 amide bonds. The first kappa shape index (κ1) is 17.7. The molecule has 19 heavy (non-hydrogen) atoms. The van der Waals surface area contributed by atoms with Crippen LogP contribution in [-0.4, -0.2) is 38.7 Å². The molecule has 0 saturated carbocycles. The minimum Gasteiger partial charge on any atom is -0.388 e. The molecule has 0 radical (unpaired) electrons. The minimum absolute atomic E-state index is 0.200. The molecule has 5 nitrogen and oxygen atoms in total. The van der Waals surface area contributed by atoms with E-state index >= 15 is 0 Å². The fraction of sp³-hybridized carbons (Fsp3) is 0.714. The summed E-state index contributed by atoms with van der Waals surface area (Å²) in [4.78, 5) is 14.8. The lowest BCUT2D eigenvalue weighted by Crippen LogP contribution is -2.40. The zero-order chi connectivity index (χ0) is 15.2. The van der Waals surface area contributed by atoms with Crippen LogP contribution in [0.5, 0.6) is 0 Å². The van der Waals surface area contributed by atoms with Crippen LogP contribution in [0.4, 0.5) is 0 Å². The Balaban J connectivity index is 4.92. The Morgan fingerprint density at radius 3 is 2.26 bits per heavy atom. The van der Waals surface area contributed by atoms with Gasteiger partial charge in [-0.05, 0) is 24.3 Å². The molecule has 0 saturated heterocycles. The predicted octanol–water partition coefficient (Wildman–Crippen LogP) is 1.74. The number of aliphatic hydroxyl groups is 2. The van der Waals surface area contributed by atoms with Crippen molar-refractivity contribution in [2.45, 2.75) is 59.7 Å². The van der Waals surface area contributed by atoms with Crippen molar-refractivity contribution in [2.75, 3.05) is 0 Å². The third-order valence-corrected chi connectivity index (χ3v) is 2.90. The molecule has 0 fully saturated rings. The summed E-state index contributed by atoms with van der Waals surface area (Å²) in [6.07, 6.45) is 0.301. The molecule has 0 bridgehead atoms. The summed E-state index contributed by atoms with van der Waals surface area (Å²) in [6, 6.07) is 0. The molecule has 0 aromatic heterocycles. The smallest absolute Gasteiger partial charge is 0.363 e. The molecule has 108 valence electrons. The van der Waals surface area contributed by atoms with Crippen molar-refractivity contribution in [3.8, 4) is 0 Å². The molecule has 0 aliphatic carbocycles. The number of Topliss-reactive ketones (excluding diaryl/α,β-unsaturated/α-hetero) is 1. The first-order chi connectivity index (χ1) is 8.65. The monoisotopic (exact) mass is 268 g/mol. The number of allylic oxidation sites excluding steroid dienone is 1. The lowest BCUT2D eigenvalue weighted by molar-refractivity contribution is -0.121. The second kappa shape index (κ2) is 7.34. The van der Waals surface area contributed by atoms with Gasteiger partial charge in [0, 0.05) is 6.42 Å². The van der Waals surface area contributed by atoms with E-state index in [9.17, 15) is 15.0 Å². The van der Waals surface area contributed by atoms with E-state index in [1.165, 1.54) is 0 Å². The Hall–Kier alpha value is -1.29. The summed E-state index contributed by atoms with van der Waals surface area (Å²) in [5.41, 5.74) is 8.66. The highest BCUT2D eigenvalue weighted by atomic mass is 16.3. The van der Waals surface area contributed by atoms with Crippen LogP contribution in [0.25, 0.3) is 5.53 Å². The second-order valence-electron chi connectivity index (χ2n) is 5.75. The highest BCUT2D eigenvalue weighted by Gasteiger charge is 2.38. The maximum atomic E-state index is 11.9. The second-order valence-corrected chi connectivity index (χ2v) is 5.75. The minimum atomic E-state index is -1.17. The molecule has 0 aromatic carbocycles. The molecule has 2 atom stereocenters. The van der Waals surface area contributed by atoms with Gasteiger partial charge in [-0.3, -0.25) is 4.79 Å². The maximum Gasteiger partial charge on any atom is 0.363 e. The van der Waals surface area contributed by atoms with Crippen molar-refractivity contribution < 1.29 is 19.8 Å². The highest BCUT2D eigenvalue weighted by Crippen LogP contribution is 2.21. The van der Waals surface area contributed by atoms with Crippen LogP contribution >= 0.6 is 0 Å². The molecule has 0 spiro atoms. The number of hydrogen-bond donors (Lipinski definition) is 2. The number of ketones is 1. The Bertz CT molecular complexity index is 401. The first-order valence-electron chi connectivity index (χ1n) is 6.43. The average Bonchev–Trinajstić information content (AvgIpc) is 2.28. The largest absolute Gasteiger partial charge is 0.388 e. The molecular weight excluding hydrogens is 244 g/mol. The van der Waals surface area contributed by atoms with Crippen molar-refractivity contribution in [2.24, 2.45) is 5.41 Å². The van der Waals surface area contributed by atoms with Crippen LogP contribution in [0.1, 0.15) is 47.5 Å². The van der Waals surface area contributed by atoms with E-state index in [1.807, 2.05) is 13.0 Å². The van der Waals surface area contributed by atoms with Crippen molar-refractivity contribution in [1.82, 2.24) is 0 Å². The molecule has 0 aromatic rings. The van der Waals surface area contributed by atoms with Crippen molar-refractivity contribution >= 4 is 11.5 Å². The Kier molecular flexibility index (Phi) is 6.84. The van der Waals surface area contributed by atoms with Crippen LogP contribution < -0.4 is 0 Å². The number of hydrogen-bond acceptors (Lipinski definition) is 3. The zero-order valence-corrected chi connectivity index (χ0v) is 12.3. The van der Waals surface area contributed by atoms with Gasteiger partial charge in [0.25, 0.3) is 0 Å². The SMILES string of the molecule is CC/C=C(\C)C(O)CC(=O)C(=[N+]=[N-])C(O)C(C)(C)C. The van der Waals surface area contributed by atoms with Gasteiger partial charge in [-0.1, -0.05) is 33.8 Å². The van der Waals surface area contributed by atoms with Crippen molar-refractivity contribution in [3.05, 3.63) is 17.2 Å². The normalized spacial score (nSPS) is 15.6. The van der Waals surface area contributed by atoms with Gasteiger partial charge in [0.15, 0.2) is 6.10 Å². The standard InChI is InChI=1S/C14H24N2O3/c1-6-7-9(2)10(17)8-11(18)12(16-15)13(19)14(3,4)5/h7,10,13,17,19H,6,8H2,1-5H3/b9-7+. The van der Waals surface area contributed by atoms with E-state index in [1.54, 1.807) is 27.7 Å². The van der Waals surface area contributed by atoms with Crippen LogP contribution in [0, 0.1) is 5.41 Å². The van der Waals surface area contributed by atoms with E-state index in [0.29, 0.717) is 5.57 Å². The molecule has 0 rings (SSSR count). The van der Waals surface area contributed by atoms with E-state index in [4.69, 9.17) is 5.53 Å². The molecule has 2 unspecified atom stereocenters. The number of carbonyl (C=O) groups excluding carboxylic acids is 1. The van der Waals surface area contributed by atoms with E-state index < -0.39 is 23.4 Å². The number of carbonyl (C=O) groups is 1. The number of nitrogens with zero attached hydrogens (tertiary/aromatic N) is 2. The number of aliphatic hydroxyl groups excluding tert-OH is 2. The molecule has 2 N–H and O–H groups in total. The molecule has 0 aliphatic rings. The van der Waals surface area contributed by atoms with Gasteiger partial charge in [0.2, 0.25) is 5.78 Å². The summed E-state index contributed by atoms with van der Waals surface area (Å²) in [6.45, 7) is 8.86. The topological polar surface area (TPSA) is 93.9 Å². The number of rotatable bonds is 6. The van der Waals surface area contributed by atoms with Crippen molar-refractivity contribution in [1.29, 1.82) is 0 Å². The van der Waals surface area contributed by atoms with Crippen LogP contribution in [-0.2, 0) is 4.79 Å². The van der Waals surface area contributed by atoms with Crippen molar-refractivity contribution in [3.63, 3.8) is 0 Å². The molecule has 5 heteroatoms. The average molecular weight is 268 g/mol. The summed E-state index contributed by atoms with van der Waals surface area (Å²) in [5, 5.41) is 19.8. The summed E-state index contributed by atoms with van der Waals surface area (Å²) in [7, 11) is 0. The van der Waals surface area contributed by atoms with Crippen LogP contribution in [0.15, 0.2) is 11.6 Å². The van der Waals surface area contributed by atoms with Gasteiger partial charge in [0.1, 0.15) is 0 Å². The van der Waals surface area contributed by atoms with Gasteiger partial charge in [-0.25, -0.2) is 0 Å². The van der Waals surface area contributed by atoms with Crippen LogP contribution in [0.2, 0.25) is 0 Å².